The number of nitrogens with one attached hydrogen (secondary N) is 2. The van der Waals surface area contributed by atoms with Crippen molar-refractivity contribution in [3.8, 4) is 17.2 Å². The number of H-pyrrole nitrogens is 1. The van der Waals surface area contributed by atoms with Crippen LogP contribution in [-0.2, 0) is 11.3 Å². The number of aromatic hydroxyl groups is 2. The number of amides is 1. The number of nitrogens with zero attached hydrogens (tertiary/aromatic N) is 1. The predicted molar refractivity (Wildman–Crippen MR) is 112 cm³/mol. The second kappa shape index (κ2) is 8.95. The lowest BCUT2D eigenvalue weighted by Gasteiger charge is -2.19. The van der Waals surface area contributed by atoms with Crippen LogP contribution >= 0.6 is 0 Å². The number of aromatic nitrogens is 2. The van der Waals surface area contributed by atoms with Crippen molar-refractivity contribution in [3.05, 3.63) is 68.5 Å². The summed E-state index contributed by atoms with van der Waals surface area (Å²) in [6, 6.07) is 5.72. The Balaban J connectivity index is 1.95. The van der Waals surface area contributed by atoms with Gasteiger partial charge in [0, 0.05) is 30.3 Å². The maximum absolute atomic E-state index is 12.8. The first-order valence-corrected chi connectivity index (χ1v) is 9.68. The highest BCUT2D eigenvalue weighted by Gasteiger charge is 2.27. The molecule has 2 aromatic heterocycles. The topological polar surface area (TPSA) is 138 Å². The van der Waals surface area contributed by atoms with Crippen LogP contribution in [0.5, 0.6) is 17.2 Å². The molecule has 0 saturated heterocycles. The number of hydrogen-bond donors (Lipinski definition) is 4. The average molecular weight is 427 g/mol. The molecule has 0 bridgehead atoms. The van der Waals surface area contributed by atoms with E-state index in [0.29, 0.717) is 11.3 Å². The molecule has 9 heteroatoms. The lowest BCUT2D eigenvalue weighted by atomic mass is 9.91. The van der Waals surface area contributed by atoms with E-state index in [1.165, 1.54) is 19.2 Å². The van der Waals surface area contributed by atoms with Gasteiger partial charge in [-0.05, 0) is 38.5 Å². The first kappa shape index (κ1) is 21.9. The maximum Gasteiger partial charge on any atom is 0.227 e. The molecule has 31 heavy (non-hydrogen) atoms. The van der Waals surface area contributed by atoms with Crippen molar-refractivity contribution in [3.63, 3.8) is 0 Å². The van der Waals surface area contributed by atoms with Gasteiger partial charge in [0.15, 0.2) is 17.3 Å². The Hall–Kier alpha value is -3.75. The molecule has 1 amide bonds. The number of rotatable bonds is 7. The molecular formula is C22H25N3O6. The van der Waals surface area contributed by atoms with Crippen LogP contribution in [0.1, 0.15) is 46.4 Å². The summed E-state index contributed by atoms with van der Waals surface area (Å²) in [5.74, 6) is -1.26. The number of ether oxygens (including phenoxy) is 1. The van der Waals surface area contributed by atoms with E-state index in [-0.39, 0.29) is 36.1 Å². The zero-order valence-electron chi connectivity index (χ0n) is 17.8. The number of methoxy groups -OCH3 is 1. The summed E-state index contributed by atoms with van der Waals surface area (Å²) in [4.78, 5) is 24.9. The van der Waals surface area contributed by atoms with Crippen LogP contribution in [0.4, 0.5) is 0 Å². The number of carbonyl (C=O) groups is 1. The van der Waals surface area contributed by atoms with Crippen molar-refractivity contribution in [1.82, 2.24) is 15.5 Å². The number of phenolic OH excluding ortho intramolecular Hbond substituents is 1. The minimum Gasteiger partial charge on any atom is -0.504 e. The van der Waals surface area contributed by atoms with Gasteiger partial charge < -0.3 is 24.7 Å². The Morgan fingerprint density at radius 3 is 2.65 bits per heavy atom. The largest absolute Gasteiger partial charge is 0.504 e. The predicted octanol–water partition coefficient (Wildman–Crippen LogP) is 2.55. The van der Waals surface area contributed by atoms with Crippen LogP contribution in [0.25, 0.3) is 0 Å². The lowest BCUT2D eigenvalue weighted by Crippen LogP contribution is -2.26. The summed E-state index contributed by atoms with van der Waals surface area (Å²) in [5.41, 5.74) is 2.48. The molecule has 3 aromatic rings. The fourth-order valence-electron chi connectivity index (χ4n) is 3.41. The maximum atomic E-state index is 12.8. The Kier molecular flexibility index (Phi) is 6.33. The minimum atomic E-state index is -0.784. The molecular weight excluding hydrogens is 402 g/mol. The van der Waals surface area contributed by atoms with Gasteiger partial charge in [0.1, 0.15) is 5.76 Å². The van der Waals surface area contributed by atoms with Gasteiger partial charge in [-0.3, -0.25) is 14.7 Å². The smallest absolute Gasteiger partial charge is 0.227 e. The van der Waals surface area contributed by atoms with E-state index in [1.54, 1.807) is 19.1 Å². The SMILES string of the molecule is COc1cc([C@@H](CC(=O)NCc2c(C)n[nH]c2C)c2oc(C)cc(=O)c2O)ccc1O. The third kappa shape index (κ3) is 4.71. The number of aryl methyl sites for hydroxylation is 3. The summed E-state index contributed by atoms with van der Waals surface area (Å²) in [6.07, 6.45) is -0.107. The summed E-state index contributed by atoms with van der Waals surface area (Å²) < 4.78 is 10.8. The number of hydrogen-bond acceptors (Lipinski definition) is 7. The normalized spacial score (nSPS) is 11.9. The first-order chi connectivity index (χ1) is 14.7. The van der Waals surface area contributed by atoms with Crippen molar-refractivity contribution >= 4 is 5.91 Å². The summed E-state index contributed by atoms with van der Waals surface area (Å²) in [7, 11) is 1.40. The summed E-state index contributed by atoms with van der Waals surface area (Å²) in [5, 5.41) is 30.1. The van der Waals surface area contributed by atoms with Crippen molar-refractivity contribution in [2.24, 2.45) is 0 Å². The van der Waals surface area contributed by atoms with Gasteiger partial charge in [-0.15, -0.1) is 0 Å². The highest BCUT2D eigenvalue weighted by atomic mass is 16.5. The van der Waals surface area contributed by atoms with E-state index in [4.69, 9.17) is 9.15 Å². The van der Waals surface area contributed by atoms with Crippen LogP contribution in [0.15, 0.2) is 33.5 Å². The highest BCUT2D eigenvalue weighted by Crippen LogP contribution is 2.37. The monoisotopic (exact) mass is 427 g/mol. The second-order valence-electron chi connectivity index (χ2n) is 7.31. The second-order valence-corrected chi connectivity index (χ2v) is 7.31. The molecule has 1 atom stereocenters. The fourth-order valence-corrected chi connectivity index (χ4v) is 3.41. The van der Waals surface area contributed by atoms with Crippen LogP contribution in [0.3, 0.4) is 0 Å². The molecule has 0 aliphatic heterocycles. The van der Waals surface area contributed by atoms with Crippen molar-refractivity contribution in [1.29, 1.82) is 0 Å². The number of phenols is 1. The van der Waals surface area contributed by atoms with Gasteiger partial charge in [-0.1, -0.05) is 6.07 Å². The molecule has 0 spiro atoms. The molecule has 3 rings (SSSR count). The third-order valence-corrected chi connectivity index (χ3v) is 5.13. The Morgan fingerprint density at radius 2 is 2.00 bits per heavy atom. The molecule has 0 unspecified atom stereocenters. The molecule has 0 radical (unpaired) electrons. The van der Waals surface area contributed by atoms with E-state index in [2.05, 4.69) is 15.5 Å². The minimum absolute atomic E-state index is 0.0245. The Morgan fingerprint density at radius 1 is 1.26 bits per heavy atom. The van der Waals surface area contributed by atoms with Gasteiger partial charge in [0.2, 0.25) is 17.1 Å². The molecule has 164 valence electrons. The van der Waals surface area contributed by atoms with Crippen molar-refractivity contribution in [2.75, 3.05) is 7.11 Å². The van der Waals surface area contributed by atoms with Gasteiger partial charge >= 0.3 is 0 Å². The number of aromatic amines is 1. The Labute approximate surface area is 178 Å². The molecule has 2 heterocycles. The first-order valence-electron chi connectivity index (χ1n) is 9.68. The van der Waals surface area contributed by atoms with E-state index in [1.807, 2.05) is 13.8 Å². The van der Waals surface area contributed by atoms with Crippen LogP contribution < -0.4 is 15.5 Å². The van der Waals surface area contributed by atoms with Gasteiger partial charge in [-0.2, -0.15) is 5.10 Å². The van der Waals surface area contributed by atoms with Crippen molar-refractivity contribution < 1.29 is 24.2 Å². The summed E-state index contributed by atoms with van der Waals surface area (Å²) in [6.45, 7) is 5.58. The molecule has 0 saturated carbocycles. The molecule has 0 fully saturated rings. The zero-order valence-corrected chi connectivity index (χ0v) is 17.8. The molecule has 0 aliphatic carbocycles. The standard InChI is InChI=1S/C22H25N3O6/c1-11-7-18(27)21(29)22(31-11)15(14-5-6-17(26)19(8-14)30-4)9-20(28)23-10-16-12(2)24-25-13(16)3/h5-8,15,26,29H,9-10H2,1-4H3,(H,23,28)(H,24,25)/t15-/m1/s1. The van der Waals surface area contributed by atoms with Gasteiger partial charge in [0.25, 0.3) is 0 Å². The molecule has 1 aromatic carbocycles. The van der Waals surface area contributed by atoms with Crippen LogP contribution in [0, 0.1) is 20.8 Å². The highest BCUT2D eigenvalue weighted by molar-refractivity contribution is 5.77. The Bertz CT molecular complexity index is 1150. The third-order valence-electron chi connectivity index (χ3n) is 5.13. The van der Waals surface area contributed by atoms with E-state index in [9.17, 15) is 19.8 Å². The van der Waals surface area contributed by atoms with Crippen molar-refractivity contribution in [2.45, 2.75) is 39.7 Å². The van der Waals surface area contributed by atoms with E-state index < -0.39 is 17.1 Å². The van der Waals surface area contributed by atoms with Gasteiger partial charge in [0.05, 0.1) is 18.7 Å². The molecule has 0 aliphatic rings. The quantitative estimate of drug-likeness (QED) is 0.455. The molecule has 4 N–H and O–H groups in total. The zero-order chi connectivity index (χ0) is 22.7. The van der Waals surface area contributed by atoms with Gasteiger partial charge in [-0.25, -0.2) is 0 Å². The van der Waals surface area contributed by atoms with Crippen LogP contribution in [-0.4, -0.2) is 33.4 Å². The average Bonchev–Trinajstić information content (AvgIpc) is 3.05. The molecule has 9 nitrogen and oxygen atoms in total. The number of benzene rings is 1. The summed E-state index contributed by atoms with van der Waals surface area (Å²) >= 11 is 0. The van der Waals surface area contributed by atoms with E-state index >= 15 is 0 Å². The fraction of sp³-hybridized carbons (Fsp3) is 0.318. The van der Waals surface area contributed by atoms with E-state index in [0.717, 1.165) is 17.0 Å². The van der Waals surface area contributed by atoms with Crippen LogP contribution in [0.2, 0.25) is 0 Å². The number of carbonyl (C=O) groups excluding carboxylic acids is 1. The lowest BCUT2D eigenvalue weighted by molar-refractivity contribution is -0.121.